The van der Waals surface area contributed by atoms with E-state index in [1.54, 1.807) is 30.3 Å². The molecular formula is C21H39NO3S. The molecule has 5 heteroatoms. The van der Waals surface area contributed by atoms with Gasteiger partial charge in [-0.15, -0.1) is 0 Å². The fourth-order valence-corrected chi connectivity index (χ4v) is 3.38. The highest BCUT2D eigenvalue weighted by Crippen LogP contribution is 2.13. The molecule has 0 aliphatic rings. The summed E-state index contributed by atoms with van der Waals surface area (Å²) < 4.78 is 28.8. The van der Waals surface area contributed by atoms with Crippen molar-refractivity contribution in [2.75, 3.05) is 13.2 Å². The van der Waals surface area contributed by atoms with Crippen molar-refractivity contribution in [3.63, 3.8) is 0 Å². The number of unbranched alkanes of at least 4 members (excludes halogenated alkanes) is 9. The van der Waals surface area contributed by atoms with E-state index in [4.69, 9.17) is 9.92 Å². The van der Waals surface area contributed by atoms with Crippen LogP contribution < -0.4 is 5.73 Å². The minimum Gasteiger partial charge on any atom is -0.330 e. The van der Waals surface area contributed by atoms with E-state index in [1.807, 2.05) is 0 Å². The van der Waals surface area contributed by atoms with Crippen LogP contribution >= 0.6 is 0 Å². The van der Waals surface area contributed by atoms with Crippen LogP contribution in [0.4, 0.5) is 0 Å². The fraction of sp³-hybridized carbons (Fsp3) is 0.714. The maximum Gasteiger partial charge on any atom is 0.296 e. The second-order valence-electron chi connectivity index (χ2n) is 6.56. The van der Waals surface area contributed by atoms with E-state index in [0.29, 0.717) is 0 Å². The number of hydrogen-bond donors (Lipinski definition) is 1. The number of nitrogens with two attached hydrogens (primary N) is 1. The molecule has 0 bridgehead atoms. The summed E-state index contributed by atoms with van der Waals surface area (Å²) in [7, 11) is -3.57. The SMILES string of the molecule is CCCCCCCCCCCCOS(=O)(=O)c1ccccc1.CCCN. The highest BCUT2D eigenvalue weighted by molar-refractivity contribution is 7.86. The Morgan fingerprint density at radius 2 is 1.23 bits per heavy atom. The first-order valence-electron chi connectivity index (χ1n) is 10.2. The Kier molecular flexibility index (Phi) is 16.9. The third kappa shape index (κ3) is 14.3. The second kappa shape index (κ2) is 17.5. The molecule has 26 heavy (non-hydrogen) atoms. The van der Waals surface area contributed by atoms with Crippen LogP contribution in [0.3, 0.4) is 0 Å². The van der Waals surface area contributed by atoms with E-state index < -0.39 is 10.1 Å². The summed E-state index contributed by atoms with van der Waals surface area (Å²) in [6.07, 6.45) is 13.4. The summed E-state index contributed by atoms with van der Waals surface area (Å²) in [6, 6.07) is 8.33. The van der Waals surface area contributed by atoms with E-state index >= 15 is 0 Å². The molecule has 4 nitrogen and oxygen atoms in total. The Morgan fingerprint density at radius 3 is 1.69 bits per heavy atom. The molecule has 1 aromatic carbocycles. The van der Waals surface area contributed by atoms with Gasteiger partial charge in [-0.05, 0) is 31.5 Å². The zero-order valence-electron chi connectivity index (χ0n) is 16.8. The lowest BCUT2D eigenvalue weighted by molar-refractivity contribution is 0.306. The molecular weight excluding hydrogens is 346 g/mol. The standard InChI is InChI=1S/C18H30O3S.C3H9N/c1-2-3-4-5-6-7-8-9-10-14-17-21-22(19,20)18-15-12-11-13-16-18;1-2-3-4/h11-13,15-16H,2-10,14,17H2,1H3;2-4H2,1H3. The molecule has 0 fully saturated rings. The predicted octanol–water partition coefficient (Wildman–Crippen LogP) is 5.67. The highest BCUT2D eigenvalue weighted by Gasteiger charge is 2.13. The molecule has 0 aliphatic heterocycles. The molecule has 0 aliphatic carbocycles. The minimum atomic E-state index is -3.57. The normalized spacial score (nSPS) is 11.0. The zero-order chi connectivity index (χ0) is 19.5. The molecule has 0 saturated heterocycles. The monoisotopic (exact) mass is 385 g/mol. The molecule has 1 aromatic rings. The molecule has 1 rings (SSSR count). The lowest BCUT2D eigenvalue weighted by atomic mass is 10.1. The van der Waals surface area contributed by atoms with Gasteiger partial charge in [-0.25, -0.2) is 0 Å². The van der Waals surface area contributed by atoms with Crippen molar-refractivity contribution in [1.29, 1.82) is 0 Å². The molecule has 0 amide bonds. The van der Waals surface area contributed by atoms with Gasteiger partial charge >= 0.3 is 0 Å². The first kappa shape index (κ1) is 25.1. The van der Waals surface area contributed by atoms with Gasteiger partial charge in [0, 0.05) is 0 Å². The topological polar surface area (TPSA) is 69.4 Å². The van der Waals surface area contributed by atoms with E-state index in [9.17, 15) is 8.42 Å². The molecule has 0 aromatic heterocycles. The van der Waals surface area contributed by atoms with Crippen LogP contribution in [0.25, 0.3) is 0 Å². The largest absolute Gasteiger partial charge is 0.330 e. The smallest absolute Gasteiger partial charge is 0.296 e. The van der Waals surface area contributed by atoms with Gasteiger partial charge in [-0.3, -0.25) is 4.18 Å². The van der Waals surface area contributed by atoms with Crippen LogP contribution in [0.5, 0.6) is 0 Å². The van der Waals surface area contributed by atoms with E-state index in [2.05, 4.69) is 13.8 Å². The van der Waals surface area contributed by atoms with Crippen LogP contribution in [-0.4, -0.2) is 21.6 Å². The third-order valence-corrected chi connectivity index (χ3v) is 5.38. The van der Waals surface area contributed by atoms with Gasteiger partial charge in [0.1, 0.15) is 0 Å². The van der Waals surface area contributed by atoms with Gasteiger partial charge in [-0.1, -0.05) is 89.8 Å². The van der Waals surface area contributed by atoms with Gasteiger partial charge < -0.3 is 5.73 Å². The van der Waals surface area contributed by atoms with Gasteiger partial charge in [0.05, 0.1) is 11.5 Å². The summed E-state index contributed by atoms with van der Waals surface area (Å²) >= 11 is 0. The molecule has 0 saturated carbocycles. The summed E-state index contributed by atoms with van der Waals surface area (Å²) in [6.45, 7) is 5.40. The third-order valence-electron chi connectivity index (χ3n) is 4.06. The van der Waals surface area contributed by atoms with Crippen molar-refractivity contribution in [1.82, 2.24) is 0 Å². The molecule has 0 atom stereocenters. The lowest BCUT2D eigenvalue weighted by Gasteiger charge is -2.05. The van der Waals surface area contributed by atoms with Crippen molar-refractivity contribution < 1.29 is 12.6 Å². The van der Waals surface area contributed by atoms with Crippen LogP contribution in [-0.2, 0) is 14.3 Å². The highest BCUT2D eigenvalue weighted by atomic mass is 32.2. The predicted molar refractivity (Wildman–Crippen MR) is 111 cm³/mol. The second-order valence-corrected chi connectivity index (χ2v) is 8.18. The molecule has 0 unspecified atom stereocenters. The van der Waals surface area contributed by atoms with Gasteiger partial charge in [0.2, 0.25) is 0 Å². The summed E-state index contributed by atoms with van der Waals surface area (Å²) in [5.41, 5.74) is 5.03. The zero-order valence-corrected chi connectivity index (χ0v) is 17.6. The summed E-state index contributed by atoms with van der Waals surface area (Å²) in [5.74, 6) is 0. The Hall–Kier alpha value is -0.910. The average molecular weight is 386 g/mol. The maximum absolute atomic E-state index is 11.9. The Bertz CT molecular complexity index is 501. The molecule has 152 valence electrons. The van der Waals surface area contributed by atoms with Crippen molar-refractivity contribution >= 4 is 10.1 Å². The molecule has 2 N–H and O–H groups in total. The fourth-order valence-electron chi connectivity index (χ4n) is 2.41. The Balaban J connectivity index is 0.00000141. The Labute approximate surface area is 161 Å². The van der Waals surface area contributed by atoms with Crippen molar-refractivity contribution in [3.05, 3.63) is 30.3 Å². The van der Waals surface area contributed by atoms with Gasteiger partial charge in [0.15, 0.2) is 0 Å². The molecule has 0 heterocycles. The van der Waals surface area contributed by atoms with Crippen LogP contribution in [0.1, 0.15) is 84.5 Å². The number of rotatable bonds is 14. The van der Waals surface area contributed by atoms with Crippen molar-refractivity contribution in [2.24, 2.45) is 5.73 Å². The van der Waals surface area contributed by atoms with Gasteiger partial charge in [0.25, 0.3) is 10.1 Å². The first-order chi connectivity index (χ1) is 12.6. The summed E-state index contributed by atoms with van der Waals surface area (Å²) in [5, 5.41) is 0. The van der Waals surface area contributed by atoms with Crippen molar-refractivity contribution in [3.8, 4) is 0 Å². The summed E-state index contributed by atoms with van der Waals surface area (Å²) in [4.78, 5) is 0.238. The maximum atomic E-state index is 11.9. The number of hydrogen-bond acceptors (Lipinski definition) is 4. The average Bonchev–Trinajstić information content (AvgIpc) is 2.67. The van der Waals surface area contributed by atoms with Gasteiger partial charge in [-0.2, -0.15) is 8.42 Å². The lowest BCUT2D eigenvalue weighted by Crippen LogP contribution is -2.07. The first-order valence-corrected chi connectivity index (χ1v) is 11.6. The Morgan fingerprint density at radius 1 is 0.769 bits per heavy atom. The van der Waals surface area contributed by atoms with E-state index in [1.165, 1.54) is 51.4 Å². The number of benzene rings is 1. The minimum absolute atomic E-state index is 0.238. The molecule has 0 spiro atoms. The van der Waals surface area contributed by atoms with Crippen LogP contribution in [0, 0.1) is 0 Å². The van der Waals surface area contributed by atoms with E-state index in [0.717, 1.165) is 25.8 Å². The van der Waals surface area contributed by atoms with E-state index in [-0.39, 0.29) is 11.5 Å². The quantitative estimate of drug-likeness (QED) is 0.331. The molecule has 0 radical (unpaired) electrons. The van der Waals surface area contributed by atoms with Crippen LogP contribution in [0.15, 0.2) is 35.2 Å². The van der Waals surface area contributed by atoms with Crippen molar-refractivity contribution in [2.45, 2.75) is 89.4 Å². The van der Waals surface area contributed by atoms with Crippen LogP contribution in [0.2, 0.25) is 0 Å².